The van der Waals surface area contributed by atoms with Crippen molar-refractivity contribution in [2.24, 2.45) is 0 Å². The Kier molecular flexibility index (Phi) is 12.0. The maximum Gasteiger partial charge on any atom is 0.124 e. The van der Waals surface area contributed by atoms with Crippen LogP contribution in [-0.4, -0.2) is 15.1 Å². The molecule has 0 aliphatic carbocycles. The van der Waals surface area contributed by atoms with Gasteiger partial charge in [0.2, 0.25) is 0 Å². The van der Waals surface area contributed by atoms with Crippen molar-refractivity contribution in [3.63, 3.8) is 0 Å². The van der Waals surface area contributed by atoms with Crippen LogP contribution in [0.1, 0.15) is 49.9 Å². The molecule has 2 heterocycles. The topological polar surface area (TPSA) is 46.0 Å². The second-order valence-electron chi connectivity index (χ2n) is 16.8. The quantitative estimate of drug-likeness (QED) is 0.139. The molecular formula is C58H47N2OPt-. The summed E-state index contributed by atoms with van der Waals surface area (Å²) in [6.07, 6.45) is 1.87. The monoisotopic (exact) mass is 982 g/mol. The van der Waals surface area contributed by atoms with E-state index >= 15 is 0 Å². The van der Waals surface area contributed by atoms with Crippen LogP contribution < -0.4 is 0 Å². The molecule has 0 saturated heterocycles. The van der Waals surface area contributed by atoms with Crippen molar-refractivity contribution in [2.45, 2.75) is 38.5 Å². The first-order valence-corrected chi connectivity index (χ1v) is 20.9. The van der Waals surface area contributed by atoms with E-state index in [1.807, 2.05) is 36.5 Å². The summed E-state index contributed by atoms with van der Waals surface area (Å²) in [4.78, 5) is 10.2. The van der Waals surface area contributed by atoms with Crippen LogP contribution in [0.2, 0.25) is 0 Å². The van der Waals surface area contributed by atoms with E-state index in [4.69, 9.17) is 9.97 Å². The molecule has 0 saturated carbocycles. The normalized spacial score (nSPS) is 11.5. The van der Waals surface area contributed by atoms with Gasteiger partial charge in [0.05, 0.1) is 5.69 Å². The second-order valence-corrected chi connectivity index (χ2v) is 16.8. The minimum atomic E-state index is -0.320. The SMILES string of the molecule is CC(C)(c1ccccc1)c1ccc(-c2cc(-c3[c-]c(-c4cc(-c5ccccc5)ccn4)cc(-c4ccccc4)c3)nc(-c3cc(C(C)(C)c4ccccc4)ccc3O)c2)cc1.[Pt]. The molecule has 0 amide bonds. The molecule has 9 aromatic rings. The van der Waals surface area contributed by atoms with Gasteiger partial charge in [-0.15, -0.1) is 18.2 Å². The van der Waals surface area contributed by atoms with Gasteiger partial charge < -0.3 is 5.11 Å². The second kappa shape index (κ2) is 17.7. The van der Waals surface area contributed by atoms with Crippen molar-refractivity contribution < 1.29 is 26.2 Å². The van der Waals surface area contributed by atoms with Crippen molar-refractivity contribution in [2.75, 3.05) is 0 Å². The van der Waals surface area contributed by atoms with Crippen molar-refractivity contribution in [3.05, 3.63) is 235 Å². The first-order chi connectivity index (χ1) is 29.6. The number of rotatable bonds is 10. The number of phenolic OH excluding ortho intramolecular Hbond substituents is 1. The fourth-order valence-electron chi connectivity index (χ4n) is 8.26. The molecule has 0 bridgehead atoms. The summed E-state index contributed by atoms with van der Waals surface area (Å²) in [5, 5.41) is 11.6. The van der Waals surface area contributed by atoms with Crippen molar-refractivity contribution in [1.29, 1.82) is 0 Å². The number of hydrogen-bond acceptors (Lipinski definition) is 3. The summed E-state index contributed by atoms with van der Waals surface area (Å²) < 4.78 is 0. The number of pyridine rings is 2. The van der Waals surface area contributed by atoms with E-state index in [1.165, 1.54) is 16.7 Å². The predicted molar refractivity (Wildman–Crippen MR) is 252 cm³/mol. The molecule has 0 atom stereocenters. The molecule has 62 heavy (non-hydrogen) atoms. The zero-order chi connectivity index (χ0) is 42.0. The third-order valence-corrected chi connectivity index (χ3v) is 12.1. The molecule has 9 rings (SSSR count). The van der Waals surface area contributed by atoms with E-state index in [-0.39, 0.29) is 37.6 Å². The number of aromatic hydroxyl groups is 1. The maximum atomic E-state index is 11.6. The van der Waals surface area contributed by atoms with Crippen LogP contribution in [0.25, 0.3) is 67.2 Å². The fourth-order valence-corrected chi connectivity index (χ4v) is 8.26. The van der Waals surface area contributed by atoms with Gasteiger partial charge >= 0.3 is 0 Å². The molecule has 0 spiro atoms. The van der Waals surface area contributed by atoms with E-state index in [0.717, 1.165) is 61.5 Å². The standard InChI is InChI=1S/C58H47N2O.Pt/c1-57(2,48-21-13-7-14-22-48)50-27-25-42(26-28-50)45-37-54(60-55(38-45)52-39-51(29-30-56(52)61)58(3,4)49-23-15-8-16-24-49)47-34-44(41-19-11-6-12-20-41)33-46(35-47)53-36-43(31-32-59-53)40-17-9-5-10-18-40;/h5-34,36-39,61H,1-4H3;/q-1;. The Morgan fingerprint density at radius 2 is 0.823 bits per heavy atom. The van der Waals surface area contributed by atoms with Crippen LogP contribution in [0.3, 0.4) is 0 Å². The molecule has 2 aromatic heterocycles. The number of phenols is 1. The van der Waals surface area contributed by atoms with Crippen molar-refractivity contribution in [1.82, 2.24) is 9.97 Å². The summed E-state index contributed by atoms with van der Waals surface area (Å²) in [6.45, 7) is 8.98. The third-order valence-electron chi connectivity index (χ3n) is 12.1. The summed E-state index contributed by atoms with van der Waals surface area (Å²) in [7, 11) is 0. The predicted octanol–water partition coefficient (Wildman–Crippen LogP) is 14.6. The molecule has 7 aromatic carbocycles. The molecule has 3 nitrogen and oxygen atoms in total. The molecule has 4 heteroatoms. The molecular weight excluding hydrogens is 936 g/mol. The van der Waals surface area contributed by atoms with Gasteiger partial charge in [0, 0.05) is 55.0 Å². The third kappa shape index (κ3) is 8.60. The fraction of sp³-hybridized carbons (Fsp3) is 0.103. The van der Waals surface area contributed by atoms with Gasteiger partial charge in [-0.05, 0) is 74.3 Å². The van der Waals surface area contributed by atoms with E-state index in [1.54, 1.807) is 6.07 Å². The summed E-state index contributed by atoms with van der Waals surface area (Å²) in [5.74, 6) is 0.174. The zero-order valence-electron chi connectivity index (χ0n) is 35.3. The Labute approximate surface area is 380 Å². The molecule has 0 radical (unpaired) electrons. The van der Waals surface area contributed by atoms with Gasteiger partial charge in [-0.25, -0.2) is 0 Å². The smallest absolute Gasteiger partial charge is 0.124 e. The molecule has 0 aliphatic rings. The van der Waals surface area contributed by atoms with Crippen LogP contribution in [-0.2, 0) is 31.9 Å². The Balaban J connectivity index is 0.00000529. The number of nitrogens with zero attached hydrogens (tertiary/aromatic N) is 2. The largest absolute Gasteiger partial charge is 0.507 e. The van der Waals surface area contributed by atoms with Crippen molar-refractivity contribution in [3.8, 4) is 72.9 Å². The van der Waals surface area contributed by atoms with Gasteiger partial charge in [0.1, 0.15) is 5.75 Å². The van der Waals surface area contributed by atoms with E-state index in [9.17, 15) is 5.11 Å². The van der Waals surface area contributed by atoms with Crippen LogP contribution in [0.5, 0.6) is 5.75 Å². The van der Waals surface area contributed by atoms with Gasteiger partial charge in [-0.3, -0.25) is 9.97 Å². The Bertz CT molecular complexity index is 2950. The first kappa shape index (κ1) is 42.0. The van der Waals surface area contributed by atoms with Crippen LogP contribution in [0, 0.1) is 6.07 Å². The molecule has 0 unspecified atom stereocenters. The molecule has 1 N–H and O–H groups in total. The number of hydrogen-bond donors (Lipinski definition) is 1. The Morgan fingerprint density at radius 1 is 0.387 bits per heavy atom. The molecule has 306 valence electrons. The average molecular weight is 983 g/mol. The van der Waals surface area contributed by atoms with E-state index in [2.05, 4.69) is 198 Å². The molecule has 0 aliphatic heterocycles. The van der Waals surface area contributed by atoms with E-state index in [0.29, 0.717) is 11.3 Å². The number of aromatic nitrogens is 2. The minimum absolute atomic E-state index is 0. The van der Waals surface area contributed by atoms with Gasteiger partial charge in [0.25, 0.3) is 0 Å². The van der Waals surface area contributed by atoms with Crippen LogP contribution >= 0.6 is 0 Å². The summed E-state index contributed by atoms with van der Waals surface area (Å²) in [6, 6.07) is 73.2. The number of benzene rings is 7. The van der Waals surface area contributed by atoms with Gasteiger partial charge in [-0.2, -0.15) is 0 Å². The van der Waals surface area contributed by atoms with Crippen molar-refractivity contribution >= 4 is 0 Å². The molecule has 0 fully saturated rings. The zero-order valence-corrected chi connectivity index (χ0v) is 37.6. The summed E-state index contributed by atoms with van der Waals surface area (Å²) >= 11 is 0. The minimum Gasteiger partial charge on any atom is -0.507 e. The Hall–Kier alpha value is -6.67. The van der Waals surface area contributed by atoms with Crippen LogP contribution in [0.4, 0.5) is 0 Å². The Morgan fingerprint density at radius 3 is 1.42 bits per heavy atom. The van der Waals surface area contributed by atoms with Gasteiger partial charge in [-0.1, -0.05) is 208 Å². The van der Waals surface area contributed by atoms with E-state index < -0.39 is 0 Å². The maximum absolute atomic E-state index is 11.6. The summed E-state index contributed by atoms with van der Waals surface area (Å²) in [5.41, 5.74) is 15.2. The van der Waals surface area contributed by atoms with Crippen LogP contribution in [0.15, 0.2) is 206 Å². The van der Waals surface area contributed by atoms with Gasteiger partial charge in [0.15, 0.2) is 0 Å². The average Bonchev–Trinajstić information content (AvgIpc) is 3.32. The first-order valence-electron chi connectivity index (χ1n) is 20.9.